The number of halogens is 1. The molecule has 29 heavy (non-hydrogen) atoms. The van der Waals surface area contributed by atoms with E-state index in [1.807, 2.05) is 12.1 Å². The van der Waals surface area contributed by atoms with Crippen molar-refractivity contribution in [3.8, 4) is 0 Å². The van der Waals surface area contributed by atoms with Crippen LogP contribution in [0, 0.1) is 5.82 Å². The van der Waals surface area contributed by atoms with E-state index in [0.29, 0.717) is 18.0 Å². The van der Waals surface area contributed by atoms with E-state index in [9.17, 15) is 14.0 Å². The van der Waals surface area contributed by atoms with E-state index in [1.165, 1.54) is 23.5 Å². The first-order valence-electron chi connectivity index (χ1n) is 9.60. The molecule has 1 fully saturated rings. The molecule has 1 aliphatic rings. The van der Waals surface area contributed by atoms with Crippen LogP contribution in [-0.2, 0) is 0 Å². The summed E-state index contributed by atoms with van der Waals surface area (Å²) in [5.74, 6) is -0.851. The van der Waals surface area contributed by atoms with Crippen LogP contribution in [0.15, 0.2) is 42.6 Å². The molecule has 1 aromatic carbocycles. The summed E-state index contributed by atoms with van der Waals surface area (Å²) >= 11 is 1.40. The van der Waals surface area contributed by atoms with Gasteiger partial charge in [-0.2, -0.15) is 0 Å². The Balaban J connectivity index is 1.71. The van der Waals surface area contributed by atoms with E-state index in [0.717, 1.165) is 28.6 Å². The number of hydrogen-bond donors (Lipinski definition) is 0. The lowest BCUT2D eigenvalue weighted by Crippen LogP contribution is -2.39. The third-order valence-electron chi connectivity index (χ3n) is 5.33. The summed E-state index contributed by atoms with van der Waals surface area (Å²) in [4.78, 5) is 35.0. The van der Waals surface area contributed by atoms with Crippen LogP contribution in [-0.4, -0.2) is 53.8 Å². The Morgan fingerprint density at radius 3 is 2.76 bits per heavy atom. The van der Waals surface area contributed by atoms with Gasteiger partial charge in [-0.15, -0.1) is 11.3 Å². The molecule has 4 rings (SSSR count). The second-order valence-electron chi connectivity index (χ2n) is 7.47. The first kappa shape index (κ1) is 19.5. The average molecular weight is 412 g/mol. The van der Waals surface area contributed by atoms with Crippen LogP contribution in [0.3, 0.4) is 0 Å². The van der Waals surface area contributed by atoms with E-state index in [1.54, 1.807) is 42.2 Å². The summed E-state index contributed by atoms with van der Waals surface area (Å²) in [5, 5.41) is 0.966. The maximum absolute atomic E-state index is 14.1. The molecule has 1 atom stereocenters. The fraction of sp³-hybridized carbons (Fsp3) is 0.318. The summed E-state index contributed by atoms with van der Waals surface area (Å²) in [6.45, 7) is 1.04. The molecule has 2 amide bonds. The highest BCUT2D eigenvalue weighted by Crippen LogP contribution is 2.39. The highest BCUT2D eigenvalue weighted by molar-refractivity contribution is 7.20. The van der Waals surface area contributed by atoms with Crippen LogP contribution in [0.4, 0.5) is 4.39 Å². The Kier molecular flexibility index (Phi) is 5.32. The molecule has 0 spiro atoms. The monoisotopic (exact) mass is 411 g/mol. The topological polar surface area (TPSA) is 53.5 Å². The lowest BCUT2D eigenvalue weighted by atomic mass is 9.88. The second-order valence-corrected chi connectivity index (χ2v) is 8.47. The molecular formula is C22H22FN3O2S. The van der Waals surface area contributed by atoms with Crippen LogP contribution in [0.25, 0.3) is 10.2 Å². The minimum Gasteiger partial charge on any atom is -0.344 e. The van der Waals surface area contributed by atoms with E-state index in [-0.39, 0.29) is 23.3 Å². The molecule has 1 saturated heterocycles. The zero-order chi connectivity index (χ0) is 20.5. The quantitative estimate of drug-likeness (QED) is 0.650. The molecule has 3 heterocycles. The molecule has 5 nitrogen and oxygen atoms in total. The van der Waals surface area contributed by atoms with Crippen molar-refractivity contribution in [3.63, 3.8) is 0 Å². The fourth-order valence-corrected chi connectivity index (χ4v) is 5.17. The summed E-state index contributed by atoms with van der Waals surface area (Å²) in [6.07, 6.45) is 3.40. The van der Waals surface area contributed by atoms with E-state index in [4.69, 9.17) is 0 Å². The van der Waals surface area contributed by atoms with E-state index < -0.39 is 5.82 Å². The van der Waals surface area contributed by atoms with Crippen molar-refractivity contribution in [3.05, 3.63) is 64.4 Å². The Morgan fingerprint density at radius 1 is 1.21 bits per heavy atom. The Hall–Kier alpha value is -2.80. The number of carbonyl (C=O) groups excluding carboxylic acids is 2. The largest absolute Gasteiger partial charge is 0.344 e. The summed E-state index contributed by atoms with van der Waals surface area (Å²) in [5.41, 5.74) is 1.05. The van der Waals surface area contributed by atoms with Gasteiger partial charge in [0.25, 0.3) is 11.8 Å². The third kappa shape index (κ3) is 3.62. The smallest absolute Gasteiger partial charge is 0.263 e. The molecule has 2 aromatic heterocycles. The lowest BCUT2D eigenvalue weighted by Gasteiger charge is -2.33. The van der Waals surface area contributed by atoms with Gasteiger partial charge in [-0.05, 0) is 36.6 Å². The maximum Gasteiger partial charge on any atom is 0.263 e. The van der Waals surface area contributed by atoms with Crippen molar-refractivity contribution >= 4 is 33.4 Å². The number of fused-ring (bicyclic) bond motifs is 1. The van der Waals surface area contributed by atoms with Crippen LogP contribution in [0.1, 0.15) is 44.4 Å². The SMILES string of the molecule is CN(C)C(=O)c1sc2ncccc2c1C1CCCN(C(=O)c2ccccc2F)C1. The molecule has 0 bridgehead atoms. The van der Waals surface area contributed by atoms with Crippen LogP contribution in [0.2, 0.25) is 0 Å². The van der Waals surface area contributed by atoms with E-state index >= 15 is 0 Å². The van der Waals surface area contributed by atoms with Gasteiger partial charge in [-0.25, -0.2) is 9.37 Å². The molecule has 1 aliphatic heterocycles. The van der Waals surface area contributed by atoms with Gasteiger partial charge in [0.2, 0.25) is 0 Å². The molecular weight excluding hydrogens is 389 g/mol. The lowest BCUT2D eigenvalue weighted by molar-refractivity contribution is 0.0702. The Bertz CT molecular complexity index is 1080. The second kappa shape index (κ2) is 7.91. The maximum atomic E-state index is 14.1. The van der Waals surface area contributed by atoms with Crippen molar-refractivity contribution in [1.29, 1.82) is 0 Å². The molecule has 0 aliphatic carbocycles. The van der Waals surface area contributed by atoms with Gasteiger partial charge in [0.15, 0.2) is 0 Å². The fourth-order valence-electron chi connectivity index (χ4n) is 3.92. The number of thiophene rings is 1. The number of benzene rings is 1. The number of piperidine rings is 1. The predicted molar refractivity (Wildman–Crippen MR) is 112 cm³/mol. The van der Waals surface area contributed by atoms with Gasteiger partial charge in [0, 0.05) is 44.7 Å². The summed E-state index contributed by atoms with van der Waals surface area (Å²) < 4.78 is 14.1. The number of amides is 2. The normalized spacial score (nSPS) is 16.8. The molecule has 0 N–H and O–H groups in total. The number of hydrogen-bond acceptors (Lipinski definition) is 4. The molecule has 150 valence electrons. The minimum absolute atomic E-state index is 0.0105. The van der Waals surface area contributed by atoms with Crippen molar-refractivity contribution in [2.24, 2.45) is 0 Å². The number of rotatable bonds is 3. The van der Waals surface area contributed by atoms with Gasteiger partial charge in [0.1, 0.15) is 10.6 Å². The van der Waals surface area contributed by atoms with Gasteiger partial charge < -0.3 is 9.80 Å². The Morgan fingerprint density at radius 2 is 2.00 bits per heavy atom. The predicted octanol–water partition coefficient (Wildman–Crippen LogP) is 4.16. The standard InChI is InChI=1S/C22H22FN3O2S/c1-25(2)22(28)19-18(16-9-5-11-24-20(16)29-19)14-7-6-12-26(13-14)21(27)15-8-3-4-10-17(15)23/h3-5,8-11,14H,6-7,12-13H2,1-2H3. The number of carbonyl (C=O) groups is 2. The molecule has 7 heteroatoms. The van der Waals surface area contributed by atoms with Crippen molar-refractivity contribution in [2.75, 3.05) is 27.2 Å². The molecule has 0 saturated carbocycles. The van der Waals surface area contributed by atoms with Crippen LogP contribution < -0.4 is 0 Å². The summed E-state index contributed by atoms with van der Waals surface area (Å²) in [7, 11) is 3.47. The minimum atomic E-state index is -0.506. The zero-order valence-electron chi connectivity index (χ0n) is 16.4. The van der Waals surface area contributed by atoms with Crippen molar-refractivity contribution in [1.82, 2.24) is 14.8 Å². The van der Waals surface area contributed by atoms with Crippen LogP contribution >= 0.6 is 11.3 Å². The first-order chi connectivity index (χ1) is 14.0. The van der Waals surface area contributed by atoms with Gasteiger partial charge in [-0.3, -0.25) is 9.59 Å². The number of pyridine rings is 1. The van der Waals surface area contributed by atoms with Gasteiger partial charge >= 0.3 is 0 Å². The average Bonchev–Trinajstić information content (AvgIpc) is 3.12. The van der Waals surface area contributed by atoms with E-state index in [2.05, 4.69) is 4.98 Å². The first-order valence-corrected chi connectivity index (χ1v) is 10.4. The summed E-state index contributed by atoms with van der Waals surface area (Å²) in [6, 6.07) is 9.93. The molecule has 1 unspecified atom stereocenters. The zero-order valence-corrected chi connectivity index (χ0v) is 17.2. The van der Waals surface area contributed by atoms with Gasteiger partial charge in [-0.1, -0.05) is 18.2 Å². The van der Waals surface area contributed by atoms with Crippen molar-refractivity contribution in [2.45, 2.75) is 18.8 Å². The van der Waals surface area contributed by atoms with Crippen molar-refractivity contribution < 1.29 is 14.0 Å². The number of aromatic nitrogens is 1. The molecule has 0 radical (unpaired) electrons. The highest BCUT2D eigenvalue weighted by atomic mass is 32.1. The van der Waals surface area contributed by atoms with Gasteiger partial charge in [0.05, 0.1) is 10.4 Å². The Labute approximate surface area is 172 Å². The number of likely N-dealkylation sites (tertiary alicyclic amines) is 1. The molecule has 3 aromatic rings. The third-order valence-corrected chi connectivity index (χ3v) is 6.44. The van der Waals surface area contributed by atoms with Crippen LogP contribution in [0.5, 0.6) is 0 Å². The highest BCUT2D eigenvalue weighted by Gasteiger charge is 2.32. The number of nitrogens with zero attached hydrogens (tertiary/aromatic N) is 3.